The smallest absolute Gasteiger partial charge is 0.358 e. The van der Waals surface area contributed by atoms with E-state index in [4.69, 9.17) is 16.3 Å². The molecule has 1 amide bonds. The molecule has 0 saturated heterocycles. The molecule has 3 rings (SSSR count). The van der Waals surface area contributed by atoms with E-state index in [2.05, 4.69) is 4.98 Å². The second-order valence-corrected chi connectivity index (χ2v) is 6.89. The average Bonchev–Trinajstić information content (AvgIpc) is 3.18. The van der Waals surface area contributed by atoms with Gasteiger partial charge in [0.05, 0.1) is 0 Å². The molecule has 0 unspecified atom stereocenters. The topological polar surface area (TPSA) is 59.5 Å². The predicted octanol–water partition coefficient (Wildman–Crippen LogP) is 4.67. The van der Waals surface area contributed by atoms with E-state index in [0.29, 0.717) is 16.6 Å². The Hall–Kier alpha value is -2.70. The van der Waals surface area contributed by atoms with Crippen LogP contribution in [0, 0.1) is 0 Å². The molecule has 0 bridgehead atoms. The summed E-state index contributed by atoms with van der Waals surface area (Å²) in [5.74, 6) is -0.917. The first-order chi connectivity index (χ1) is 13.1. The van der Waals surface area contributed by atoms with Crippen LogP contribution >= 0.6 is 22.9 Å². The largest absolute Gasteiger partial charge is 0.451 e. The van der Waals surface area contributed by atoms with E-state index in [1.54, 1.807) is 22.4 Å². The van der Waals surface area contributed by atoms with Crippen LogP contribution in [-0.4, -0.2) is 30.0 Å². The van der Waals surface area contributed by atoms with E-state index < -0.39 is 5.97 Å². The zero-order valence-electron chi connectivity index (χ0n) is 14.6. The Bertz CT molecular complexity index is 943. The number of esters is 1. The van der Waals surface area contributed by atoms with E-state index in [1.807, 2.05) is 49.4 Å². The third kappa shape index (κ3) is 4.72. The number of halogens is 1. The summed E-state index contributed by atoms with van der Waals surface area (Å²) in [6.07, 6.45) is 0. The normalized spacial score (nSPS) is 10.4. The predicted molar refractivity (Wildman–Crippen MR) is 107 cm³/mol. The van der Waals surface area contributed by atoms with Crippen LogP contribution in [-0.2, 0) is 9.53 Å². The Morgan fingerprint density at radius 1 is 1.15 bits per heavy atom. The van der Waals surface area contributed by atoms with Crippen LogP contribution in [0.1, 0.15) is 17.4 Å². The van der Waals surface area contributed by atoms with Crippen LogP contribution in [0.25, 0.3) is 10.6 Å². The highest BCUT2D eigenvalue weighted by molar-refractivity contribution is 7.13. The van der Waals surface area contributed by atoms with E-state index >= 15 is 0 Å². The fourth-order valence-corrected chi connectivity index (χ4v) is 3.49. The van der Waals surface area contributed by atoms with Gasteiger partial charge in [-0.05, 0) is 31.2 Å². The molecule has 2 aromatic carbocycles. The zero-order chi connectivity index (χ0) is 19.2. The van der Waals surface area contributed by atoms with Gasteiger partial charge in [0.15, 0.2) is 12.3 Å². The number of hydrogen-bond acceptors (Lipinski definition) is 5. The number of aromatic nitrogens is 1. The zero-order valence-corrected chi connectivity index (χ0v) is 16.2. The first kappa shape index (κ1) is 19.1. The summed E-state index contributed by atoms with van der Waals surface area (Å²) in [4.78, 5) is 30.5. The Labute approximate surface area is 166 Å². The highest BCUT2D eigenvalue weighted by atomic mass is 35.5. The first-order valence-electron chi connectivity index (χ1n) is 8.32. The van der Waals surface area contributed by atoms with Crippen molar-refractivity contribution in [1.82, 2.24) is 4.98 Å². The van der Waals surface area contributed by atoms with Crippen LogP contribution < -0.4 is 4.90 Å². The van der Waals surface area contributed by atoms with Crippen molar-refractivity contribution in [3.8, 4) is 10.6 Å². The summed E-state index contributed by atoms with van der Waals surface area (Å²) < 4.78 is 5.16. The SMILES string of the molecule is CCN(C(=O)COC(=O)c1csc(-c2cccc(Cl)c2)n1)c1ccccc1. The number of rotatable bonds is 6. The molecule has 0 spiro atoms. The van der Waals surface area contributed by atoms with Gasteiger partial charge < -0.3 is 9.64 Å². The van der Waals surface area contributed by atoms with Crippen molar-refractivity contribution in [2.75, 3.05) is 18.1 Å². The van der Waals surface area contributed by atoms with Crippen molar-refractivity contribution in [2.24, 2.45) is 0 Å². The number of hydrogen-bond donors (Lipinski definition) is 0. The number of anilines is 1. The quantitative estimate of drug-likeness (QED) is 0.564. The maximum absolute atomic E-state index is 12.4. The summed E-state index contributed by atoms with van der Waals surface area (Å²) in [5, 5.41) is 2.87. The molecule has 0 aliphatic carbocycles. The van der Waals surface area contributed by atoms with Gasteiger partial charge in [-0.3, -0.25) is 4.79 Å². The summed E-state index contributed by atoms with van der Waals surface area (Å²) >= 11 is 7.30. The Kier molecular flexibility index (Phi) is 6.21. The number of amides is 1. The Balaban J connectivity index is 1.63. The lowest BCUT2D eigenvalue weighted by Crippen LogP contribution is -2.34. The van der Waals surface area contributed by atoms with E-state index in [9.17, 15) is 9.59 Å². The van der Waals surface area contributed by atoms with Gasteiger partial charge in [0.25, 0.3) is 5.91 Å². The lowest BCUT2D eigenvalue weighted by Gasteiger charge is -2.20. The van der Waals surface area contributed by atoms with Crippen molar-refractivity contribution in [3.05, 3.63) is 70.7 Å². The molecule has 0 aliphatic rings. The lowest BCUT2D eigenvalue weighted by molar-refractivity contribution is -0.121. The maximum atomic E-state index is 12.4. The third-order valence-corrected chi connectivity index (χ3v) is 4.92. The van der Waals surface area contributed by atoms with Gasteiger partial charge in [-0.1, -0.05) is 41.9 Å². The molecule has 0 atom stereocenters. The van der Waals surface area contributed by atoms with Crippen molar-refractivity contribution in [2.45, 2.75) is 6.92 Å². The van der Waals surface area contributed by atoms with Crippen molar-refractivity contribution in [1.29, 1.82) is 0 Å². The Morgan fingerprint density at radius 3 is 2.63 bits per heavy atom. The maximum Gasteiger partial charge on any atom is 0.358 e. The highest BCUT2D eigenvalue weighted by Crippen LogP contribution is 2.26. The molecule has 1 aromatic heterocycles. The molecule has 0 fully saturated rings. The van der Waals surface area contributed by atoms with Gasteiger partial charge >= 0.3 is 5.97 Å². The molecule has 0 saturated carbocycles. The first-order valence-corrected chi connectivity index (χ1v) is 9.58. The number of carbonyl (C=O) groups excluding carboxylic acids is 2. The Morgan fingerprint density at radius 2 is 1.93 bits per heavy atom. The molecule has 3 aromatic rings. The summed E-state index contributed by atoms with van der Waals surface area (Å²) in [7, 11) is 0. The molecule has 7 heteroatoms. The van der Waals surface area contributed by atoms with Gasteiger partial charge in [0, 0.05) is 28.2 Å². The minimum absolute atomic E-state index is 0.172. The standard InChI is InChI=1S/C20H17ClN2O3S/c1-2-23(16-9-4-3-5-10-16)18(24)12-26-20(25)17-13-27-19(22-17)14-7-6-8-15(21)11-14/h3-11,13H,2,12H2,1H3. The second-order valence-electron chi connectivity index (χ2n) is 5.60. The average molecular weight is 401 g/mol. The van der Waals surface area contributed by atoms with Gasteiger partial charge in [-0.2, -0.15) is 0 Å². The summed E-state index contributed by atoms with van der Waals surface area (Å²) in [5.41, 5.74) is 1.76. The number of thiazole rings is 1. The monoisotopic (exact) mass is 400 g/mol. The van der Waals surface area contributed by atoms with E-state index in [1.165, 1.54) is 11.3 Å². The third-order valence-electron chi connectivity index (χ3n) is 3.80. The van der Waals surface area contributed by atoms with Gasteiger partial charge in [-0.15, -0.1) is 11.3 Å². The lowest BCUT2D eigenvalue weighted by atomic mass is 10.2. The number of benzene rings is 2. The van der Waals surface area contributed by atoms with Crippen LogP contribution in [0.15, 0.2) is 60.0 Å². The second kappa shape index (κ2) is 8.79. The highest BCUT2D eigenvalue weighted by Gasteiger charge is 2.18. The molecule has 0 radical (unpaired) electrons. The van der Waals surface area contributed by atoms with Crippen molar-refractivity contribution < 1.29 is 14.3 Å². The fraction of sp³-hybridized carbons (Fsp3) is 0.150. The van der Waals surface area contributed by atoms with Crippen LogP contribution in [0.4, 0.5) is 5.69 Å². The molecule has 138 valence electrons. The van der Waals surface area contributed by atoms with Gasteiger partial charge in [-0.25, -0.2) is 9.78 Å². The fourth-order valence-electron chi connectivity index (χ4n) is 2.51. The molecule has 0 aliphatic heterocycles. The van der Waals surface area contributed by atoms with E-state index in [-0.39, 0.29) is 18.2 Å². The van der Waals surface area contributed by atoms with Crippen LogP contribution in [0.2, 0.25) is 5.02 Å². The molecular weight excluding hydrogens is 384 g/mol. The summed E-state index contributed by atoms with van der Waals surface area (Å²) in [6.45, 7) is 2.01. The summed E-state index contributed by atoms with van der Waals surface area (Å²) in [6, 6.07) is 16.5. The number of nitrogens with zero attached hydrogens (tertiary/aromatic N) is 2. The van der Waals surface area contributed by atoms with E-state index in [0.717, 1.165) is 11.3 Å². The number of ether oxygens (including phenoxy) is 1. The number of likely N-dealkylation sites (N-methyl/N-ethyl adjacent to an activating group) is 1. The molecule has 1 heterocycles. The van der Waals surface area contributed by atoms with Gasteiger partial charge in [0.2, 0.25) is 0 Å². The molecule has 0 N–H and O–H groups in total. The number of para-hydroxylation sites is 1. The minimum atomic E-state index is -0.628. The van der Waals surface area contributed by atoms with Crippen LogP contribution in [0.5, 0.6) is 0 Å². The molecule has 27 heavy (non-hydrogen) atoms. The van der Waals surface area contributed by atoms with Crippen molar-refractivity contribution >= 4 is 40.5 Å². The van der Waals surface area contributed by atoms with Crippen LogP contribution in [0.3, 0.4) is 0 Å². The van der Waals surface area contributed by atoms with Gasteiger partial charge in [0.1, 0.15) is 5.01 Å². The minimum Gasteiger partial charge on any atom is -0.451 e. The molecular formula is C20H17ClN2O3S. The number of carbonyl (C=O) groups is 2. The van der Waals surface area contributed by atoms with Crippen molar-refractivity contribution in [3.63, 3.8) is 0 Å². The molecule has 5 nitrogen and oxygen atoms in total.